The summed E-state index contributed by atoms with van der Waals surface area (Å²) in [5.41, 5.74) is 1.23. The van der Waals surface area contributed by atoms with Crippen LogP contribution in [-0.2, 0) is 13.1 Å². The van der Waals surface area contributed by atoms with Gasteiger partial charge in [0.1, 0.15) is 11.5 Å². The number of rotatable bonds is 5. The number of hydrogen-bond acceptors (Lipinski definition) is 4. The molecule has 2 aromatic carbocycles. The summed E-state index contributed by atoms with van der Waals surface area (Å²) in [6.07, 6.45) is 1.74. The van der Waals surface area contributed by atoms with Crippen LogP contribution in [0.3, 0.4) is 0 Å². The topological polar surface area (TPSA) is 47.3 Å². The first-order chi connectivity index (χ1) is 10.3. The molecule has 21 heavy (non-hydrogen) atoms. The molecule has 0 saturated heterocycles. The van der Waals surface area contributed by atoms with Crippen molar-refractivity contribution in [3.05, 3.63) is 59.8 Å². The van der Waals surface area contributed by atoms with Crippen LogP contribution in [0, 0.1) is 6.92 Å². The molecular weight excluding hydrogens is 264 g/mol. The van der Waals surface area contributed by atoms with Gasteiger partial charge in [-0.25, -0.2) is 4.98 Å². The molecule has 108 valence electrons. The molecule has 3 aromatic rings. The lowest BCUT2D eigenvalue weighted by molar-refractivity contribution is 0.419. The SMILES string of the molecule is COc1ccc(CNCc2ncc(C)o2)c2ccccc12. The van der Waals surface area contributed by atoms with Crippen molar-refractivity contribution in [2.75, 3.05) is 7.11 Å². The van der Waals surface area contributed by atoms with Crippen LogP contribution in [0.4, 0.5) is 0 Å². The van der Waals surface area contributed by atoms with Crippen LogP contribution in [0.1, 0.15) is 17.2 Å². The Morgan fingerprint density at radius 1 is 1.10 bits per heavy atom. The maximum atomic E-state index is 5.45. The second-order valence-corrected chi connectivity index (χ2v) is 4.94. The van der Waals surface area contributed by atoms with E-state index in [-0.39, 0.29) is 0 Å². The van der Waals surface area contributed by atoms with Crippen molar-refractivity contribution in [2.24, 2.45) is 0 Å². The van der Waals surface area contributed by atoms with Crippen LogP contribution in [0.25, 0.3) is 10.8 Å². The van der Waals surface area contributed by atoms with E-state index < -0.39 is 0 Å². The maximum absolute atomic E-state index is 5.45. The van der Waals surface area contributed by atoms with Gasteiger partial charge in [-0.1, -0.05) is 30.3 Å². The van der Waals surface area contributed by atoms with Gasteiger partial charge >= 0.3 is 0 Å². The molecule has 1 heterocycles. The summed E-state index contributed by atoms with van der Waals surface area (Å²) in [4.78, 5) is 4.19. The van der Waals surface area contributed by atoms with E-state index in [1.54, 1.807) is 13.3 Å². The first-order valence-corrected chi connectivity index (χ1v) is 6.94. The Morgan fingerprint density at radius 2 is 1.90 bits per heavy atom. The van der Waals surface area contributed by atoms with Gasteiger partial charge in [0, 0.05) is 11.9 Å². The lowest BCUT2D eigenvalue weighted by Crippen LogP contribution is -2.13. The molecule has 0 unspecified atom stereocenters. The number of aromatic nitrogens is 1. The standard InChI is InChI=1S/C17H18N2O2/c1-12-9-19-17(21-12)11-18-10-13-7-8-16(20-2)15-6-4-3-5-14(13)15/h3-9,18H,10-11H2,1-2H3. The van der Waals surface area contributed by atoms with E-state index in [9.17, 15) is 0 Å². The highest BCUT2D eigenvalue weighted by molar-refractivity contribution is 5.91. The Bertz CT molecular complexity index is 749. The van der Waals surface area contributed by atoms with Crippen LogP contribution in [-0.4, -0.2) is 12.1 Å². The molecule has 0 fully saturated rings. The van der Waals surface area contributed by atoms with Crippen molar-refractivity contribution in [1.29, 1.82) is 0 Å². The molecule has 0 atom stereocenters. The number of nitrogens with one attached hydrogen (secondary N) is 1. The van der Waals surface area contributed by atoms with Crippen molar-refractivity contribution in [2.45, 2.75) is 20.0 Å². The molecule has 0 saturated carbocycles. The fraction of sp³-hybridized carbons (Fsp3) is 0.235. The van der Waals surface area contributed by atoms with Gasteiger partial charge in [0.05, 0.1) is 19.9 Å². The number of aryl methyl sites for hydroxylation is 1. The highest BCUT2D eigenvalue weighted by Crippen LogP contribution is 2.28. The monoisotopic (exact) mass is 282 g/mol. The predicted molar refractivity (Wildman–Crippen MR) is 82.3 cm³/mol. The second-order valence-electron chi connectivity index (χ2n) is 4.94. The Morgan fingerprint density at radius 3 is 2.62 bits per heavy atom. The highest BCUT2D eigenvalue weighted by atomic mass is 16.5. The van der Waals surface area contributed by atoms with E-state index in [0.717, 1.165) is 23.4 Å². The van der Waals surface area contributed by atoms with Crippen LogP contribution in [0.2, 0.25) is 0 Å². The molecule has 0 aliphatic carbocycles. The summed E-state index contributed by atoms with van der Waals surface area (Å²) < 4.78 is 10.9. The van der Waals surface area contributed by atoms with E-state index in [4.69, 9.17) is 9.15 Å². The van der Waals surface area contributed by atoms with Gasteiger partial charge in [-0.2, -0.15) is 0 Å². The van der Waals surface area contributed by atoms with Crippen LogP contribution in [0.15, 0.2) is 47.0 Å². The Balaban J connectivity index is 1.78. The van der Waals surface area contributed by atoms with E-state index in [2.05, 4.69) is 28.5 Å². The highest BCUT2D eigenvalue weighted by Gasteiger charge is 2.06. The summed E-state index contributed by atoms with van der Waals surface area (Å²) in [5, 5.41) is 5.70. The van der Waals surface area contributed by atoms with Crippen LogP contribution in [0.5, 0.6) is 5.75 Å². The first kappa shape index (κ1) is 13.6. The zero-order chi connectivity index (χ0) is 14.7. The average Bonchev–Trinajstić information content (AvgIpc) is 2.93. The van der Waals surface area contributed by atoms with Crippen LogP contribution < -0.4 is 10.1 Å². The summed E-state index contributed by atoms with van der Waals surface area (Å²) in [6, 6.07) is 12.4. The van der Waals surface area contributed by atoms with Crippen molar-refractivity contribution >= 4 is 10.8 Å². The zero-order valence-electron chi connectivity index (χ0n) is 12.2. The van der Waals surface area contributed by atoms with E-state index >= 15 is 0 Å². The minimum Gasteiger partial charge on any atom is -0.496 e. The summed E-state index contributed by atoms with van der Waals surface area (Å²) >= 11 is 0. The molecule has 0 spiro atoms. The molecule has 1 aromatic heterocycles. The smallest absolute Gasteiger partial charge is 0.208 e. The summed E-state index contributed by atoms with van der Waals surface area (Å²) in [7, 11) is 1.70. The number of methoxy groups -OCH3 is 1. The van der Waals surface area contributed by atoms with Gasteiger partial charge in [0.15, 0.2) is 0 Å². The molecule has 3 rings (SSSR count). The third-order valence-electron chi connectivity index (χ3n) is 3.46. The minimum atomic E-state index is 0.619. The number of fused-ring (bicyclic) bond motifs is 1. The van der Waals surface area contributed by atoms with Crippen molar-refractivity contribution in [3.8, 4) is 5.75 Å². The number of hydrogen-bond donors (Lipinski definition) is 1. The van der Waals surface area contributed by atoms with Gasteiger partial charge in [-0.05, 0) is 23.9 Å². The molecule has 1 N–H and O–H groups in total. The molecule has 0 amide bonds. The van der Waals surface area contributed by atoms with Gasteiger partial charge in [0.25, 0.3) is 0 Å². The van der Waals surface area contributed by atoms with Crippen molar-refractivity contribution in [3.63, 3.8) is 0 Å². The van der Waals surface area contributed by atoms with Gasteiger partial charge < -0.3 is 14.5 Å². The normalized spacial score (nSPS) is 11.0. The van der Waals surface area contributed by atoms with Crippen molar-refractivity contribution in [1.82, 2.24) is 10.3 Å². The van der Waals surface area contributed by atoms with Gasteiger partial charge in [-0.15, -0.1) is 0 Å². The number of ether oxygens (including phenoxy) is 1. The first-order valence-electron chi connectivity index (χ1n) is 6.94. The van der Waals surface area contributed by atoms with Gasteiger partial charge in [0.2, 0.25) is 5.89 Å². The summed E-state index contributed by atoms with van der Waals surface area (Å²) in [5.74, 6) is 2.45. The molecule has 4 heteroatoms. The molecule has 0 radical (unpaired) electrons. The lowest BCUT2D eigenvalue weighted by Gasteiger charge is -2.10. The number of benzene rings is 2. The Hall–Kier alpha value is -2.33. The van der Waals surface area contributed by atoms with E-state index in [1.807, 2.05) is 25.1 Å². The van der Waals surface area contributed by atoms with Gasteiger partial charge in [-0.3, -0.25) is 0 Å². The fourth-order valence-corrected chi connectivity index (χ4v) is 2.45. The quantitative estimate of drug-likeness (QED) is 0.778. The fourth-order valence-electron chi connectivity index (χ4n) is 2.45. The average molecular weight is 282 g/mol. The van der Waals surface area contributed by atoms with E-state index in [1.165, 1.54) is 10.9 Å². The second kappa shape index (κ2) is 5.97. The van der Waals surface area contributed by atoms with Crippen LogP contribution >= 0.6 is 0 Å². The molecule has 0 aliphatic rings. The minimum absolute atomic E-state index is 0.619. The third kappa shape index (κ3) is 2.90. The van der Waals surface area contributed by atoms with E-state index in [0.29, 0.717) is 12.4 Å². The molecule has 0 aliphatic heterocycles. The molecule has 4 nitrogen and oxygen atoms in total. The zero-order valence-corrected chi connectivity index (χ0v) is 12.2. The van der Waals surface area contributed by atoms with Crippen molar-refractivity contribution < 1.29 is 9.15 Å². The predicted octanol–water partition coefficient (Wildman–Crippen LogP) is 3.43. The lowest BCUT2D eigenvalue weighted by atomic mass is 10.0. The maximum Gasteiger partial charge on any atom is 0.208 e. The molecular formula is C17H18N2O2. The molecule has 0 bridgehead atoms. The Kier molecular flexibility index (Phi) is 3.88. The Labute approximate surface area is 123 Å². The number of nitrogens with zero attached hydrogens (tertiary/aromatic N) is 1. The largest absolute Gasteiger partial charge is 0.496 e. The summed E-state index contributed by atoms with van der Waals surface area (Å²) in [6.45, 7) is 3.27. The number of oxazole rings is 1. The third-order valence-corrected chi connectivity index (χ3v) is 3.46.